The number of hydrogen-bond donors (Lipinski definition) is 2. The van der Waals surface area contributed by atoms with Gasteiger partial charge in [0.2, 0.25) is 0 Å². The van der Waals surface area contributed by atoms with Crippen LogP contribution in [0.4, 0.5) is 0 Å². The zero-order valence-corrected chi connectivity index (χ0v) is 16.0. The predicted octanol–water partition coefficient (Wildman–Crippen LogP) is 3.66. The van der Waals surface area contributed by atoms with E-state index in [2.05, 4.69) is 39.9 Å². The minimum Gasteiger partial charge on any atom is -0.493 e. The summed E-state index contributed by atoms with van der Waals surface area (Å²) in [5.74, 6) is 1.33. The van der Waals surface area contributed by atoms with Gasteiger partial charge in [-0.1, -0.05) is 32.9 Å². The lowest BCUT2D eigenvalue weighted by Gasteiger charge is -2.34. The van der Waals surface area contributed by atoms with Crippen LogP contribution in [-0.4, -0.2) is 37.0 Å². The molecule has 0 aromatic heterocycles. The van der Waals surface area contributed by atoms with Gasteiger partial charge in [0.15, 0.2) is 11.5 Å². The van der Waals surface area contributed by atoms with Gasteiger partial charge >= 0.3 is 0 Å². The summed E-state index contributed by atoms with van der Waals surface area (Å²) < 4.78 is 10.9. The maximum Gasteiger partial charge on any atom is 0.161 e. The van der Waals surface area contributed by atoms with Crippen molar-refractivity contribution in [1.29, 1.82) is 0 Å². The number of halogens is 1. The maximum atomic E-state index is 10.1. The SMILES string of the molecule is COc1ccccc1OCC(O)CNC(C)(C)CC(C)(C)C.Cl. The molecule has 0 aliphatic rings. The number of para-hydroxylation sites is 2. The van der Waals surface area contributed by atoms with Crippen LogP contribution >= 0.6 is 12.4 Å². The molecule has 1 aromatic carbocycles. The highest BCUT2D eigenvalue weighted by Crippen LogP contribution is 2.27. The molecule has 134 valence electrons. The molecule has 0 amide bonds. The van der Waals surface area contributed by atoms with E-state index in [-0.39, 0.29) is 30.0 Å². The Bertz CT molecular complexity index is 458. The number of methoxy groups -OCH3 is 1. The predicted molar refractivity (Wildman–Crippen MR) is 97.9 cm³/mol. The number of aliphatic hydroxyl groups excluding tert-OH is 1. The molecule has 0 heterocycles. The van der Waals surface area contributed by atoms with Crippen LogP contribution in [0, 0.1) is 5.41 Å². The third-order valence-corrected chi connectivity index (χ3v) is 3.29. The van der Waals surface area contributed by atoms with E-state index < -0.39 is 6.10 Å². The van der Waals surface area contributed by atoms with Gasteiger partial charge in [0.1, 0.15) is 12.7 Å². The third kappa shape index (κ3) is 9.04. The highest BCUT2D eigenvalue weighted by molar-refractivity contribution is 5.85. The average Bonchev–Trinajstić information content (AvgIpc) is 2.40. The Balaban J connectivity index is 0.00000484. The van der Waals surface area contributed by atoms with Crippen LogP contribution in [0.1, 0.15) is 41.0 Å². The molecule has 1 rings (SSSR count). The number of β-amino-alcohol motifs (C(OH)–C–C–N with tert-alkyl or cyclic N) is 1. The summed E-state index contributed by atoms with van der Waals surface area (Å²) in [6.07, 6.45) is 0.462. The monoisotopic (exact) mass is 345 g/mol. The van der Waals surface area contributed by atoms with E-state index in [0.29, 0.717) is 18.0 Å². The number of rotatable bonds is 8. The highest BCUT2D eigenvalue weighted by Gasteiger charge is 2.25. The first-order chi connectivity index (χ1) is 10.1. The largest absolute Gasteiger partial charge is 0.493 e. The second-order valence-electron chi connectivity index (χ2n) is 7.62. The molecule has 1 aromatic rings. The van der Waals surface area contributed by atoms with Gasteiger partial charge in [-0.15, -0.1) is 12.4 Å². The van der Waals surface area contributed by atoms with Gasteiger partial charge in [0, 0.05) is 12.1 Å². The maximum absolute atomic E-state index is 10.1. The number of ether oxygens (including phenoxy) is 2. The lowest BCUT2D eigenvalue weighted by molar-refractivity contribution is 0.0930. The van der Waals surface area contributed by atoms with Crippen molar-refractivity contribution in [2.24, 2.45) is 5.41 Å². The Kier molecular flexibility index (Phi) is 8.96. The van der Waals surface area contributed by atoms with Crippen molar-refractivity contribution in [2.45, 2.75) is 52.7 Å². The number of nitrogens with one attached hydrogen (secondary N) is 1. The molecule has 5 heteroatoms. The van der Waals surface area contributed by atoms with E-state index in [4.69, 9.17) is 9.47 Å². The van der Waals surface area contributed by atoms with Crippen LogP contribution in [0.25, 0.3) is 0 Å². The minimum absolute atomic E-state index is 0. The molecular weight excluding hydrogens is 314 g/mol. The van der Waals surface area contributed by atoms with E-state index in [9.17, 15) is 5.11 Å². The van der Waals surface area contributed by atoms with Crippen LogP contribution in [0.3, 0.4) is 0 Å². The van der Waals surface area contributed by atoms with Crippen LogP contribution in [0.15, 0.2) is 24.3 Å². The van der Waals surface area contributed by atoms with Crippen molar-refractivity contribution in [2.75, 3.05) is 20.3 Å². The standard InChI is InChI=1S/C18H31NO3.ClH/c1-17(2,3)13-18(4,5)19-11-14(20)12-22-16-10-8-7-9-15(16)21-6;/h7-10,14,19-20H,11-13H2,1-6H3;1H. The molecule has 0 fully saturated rings. The fourth-order valence-electron chi connectivity index (χ4n) is 2.77. The van der Waals surface area contributed by atoms with Crippen molar-refractivity contribution in [3.05, 3.63) is 24.3 Å². The topological polar surface area (TPSA) is 50.7 Å². The second-order valence-corrected chi connectivity index (χ2v) is 7.62. The molecule has 0 spiro atoms. The van der Waals surface area contributed by atoms with E-state index in [1.165, 1.54) is 0 Å². The Morgan fingerprint density at radius 1 is 1.09 bits per heavy atom. The Morgan fingerprint density at radius 2 is 1.65 bits per heavy atom. The second kappa shape index (κ2) is 9.36. The molecule has 0 saturated heterocycles. The molecular formula is C18H32ClNO3. The smallest absolute Gasteiger partial charge is 0.161 e. The third-order valence-electron chi connectivity index (χ3n) is 3.29. The fraction of sp³-hybridized carbons (Fsp3) is 0.667. The van der Waals surface area contributed by atoms with Gasteiger partial charge in [0.25, 0.3) is 0 Å². The van der Waals surface area contributed by atoms with Gasteiger partial charge in [0.05, 0.1) is 7.11 Å². The first-order valence-corrected chi connectivity index (χ1v) is 7.82. The molecule has 4 nitrogen and oxygen atoms in total. The summed E-state index contributed by atoms with van der Waals surface area (Å²) in [7, 11) is 1.61. The number of aliphatic hydroxyl groups is 1. The van der Waals surface area contributed by atoms with Crippen LogP contribution < -0.4 is 14.8 Å². The van der Waals surface area contributed by atoms with Gasteiger partial charge in [-0.2, -0.15) is 0 Å². The van der Waals surface area contributed by atoms with E-state index in [1.807, 2.05) is 24.3 Å². The Hall–Kier alpha value is -0.970. The summed E-state index contributed by atoms with van der Waals surface area (Å²) >= 11 is 0. The van der Waals surface area contributed by atoms with Crippen molar-refractivity contribution < 1.29 is 14.6 Å². The van der Waals surface area contributed by atoms with E-state index in [1.54, 1.807) is 7.11 Å². The highest BCUT2D eigenvalue weighted by atomic mass is 35.5. The van der Waals surface area contributed by atoms with Crippen LogP contribution in [-0.2, 0) is 0 Å². The van der Waals surface area contributed by atoms with Crippen molar-refractivity contribution in [3.63, 3.8) is 0 Å². The van der Waals surface area contributed by atoms with Gasteiger partial charge in [-0.05, 0) is 37.8 Å². The van der Waals surface area contributed by atoms with E-state index >= 15 is 0 Å². The molecule has 0 aliphatic carbocycles. The number of hydrogen-bond acceptors (Lipinski definition) is 4. The first-order valence-electron chi connectivity index (χ1n) is 7.82. The van der Waals surface area contributed by atoms with Gasteiger partial charge in [-0.3, -0.25) is 0 Å². The zero-order chi connectivity index (χ0) is 16.8. The Morgan fingerprint density at radius 3 is 2.17 bits per heavy atom. The summed E-state index contributed by atoms with van der Waals surface area (Å²) in [6.45, 7) is 11.7. The molecule has 1 atom stereocenters. The Labute approximate surface area is 147 Å². The zero-order valence-electron chi connectivity index (χ0n) is 15.2. The van der Waals surface area contributed by atoms with Crippen molar-refractivity contribution in [3.8, 4) is 11.5 Å². The molecule has 0 saturated carbocycles. The van der Waals surface area contributed by atoms with Crippen molar-refractivity contribution >= 4 is 12.4 Å². The van der Waals surface area contributed by atoms with Crippen LogP contribution in [0.2, 0.25) is 0 Å². The van der Waals surface area contributed by atoms with Crippen LogP contribution in [0.5, 0.6) is 11.5 Å². The lowest BCUT2D eigenvalue weighted by atomic mass is 9.82. The normalized spacial score (nSPS) is 13.2. The number of benzene rings is 1. The molecule has 0 aliphatic heterocycles. The van der Waals surface area contributed by atoms with Crippen molar-refractivity contribution in [1.82, 2.24) is 5.32 Å². The summed E-state index contributed by atoms with van der Waals surface area (Å²) in [5, 5.41) is 13.5. The van der Waals surface area contributed by atoms with E-state index in [0.717, 1.165) is 6.42 Å². The lowest BCUT2D eigenvalue weighted by Crippen LogP contribution is -2.46. The van der Waals surface area contributed by atoms with Gasteiger partial charge < -0.3 is 19.9 Å². The molecule has 0 radical (unpaired) electrons. The average molecular weight is 346 g/mol. The minimum atomic E-state index is -0.566. The quantitative estimate of drug-likeness (QED) is 0.755. The first kappa shape index (κ1) is 22.0. The fourth-order valence-corrected chi connectivity index (χ4v) is 2.77. The molecule has 1 unspecified atom stereocenters. The molecule has 23 heavy (non-hydrogen) atoms. The molecule has 2 N–H and O–H groups in total. The summed E-state index contributed by atoms with van der Waals surface area (Å²) in [4.78, 5) is 0. The van der Waals surface area contributed by atoms with Gasteiger partial charge in [-0.25, -0.2) is 0 Å². The molecule has 0 bridgehead atoms. The summed E-state index contributed by atoms with van der Waals surface area (Å²) in [5.41, 5.74) is 0.221. The summed E-state index contributed by atoms with van der Waals surface area (Å²) in [6, 6.07) is 7.45.